The second-order valence-corrected chi connectivity index (χ2v) is 5.25. The smallest absolute Gasteiger partial charge is 0.473 e. The second-order valence-electron chi connectivity index (χ2n) is 2.45. The minimum Gasteiger partial charge on any atom is -0.473 e. The molecule has 0 atom stereocenters. The van der Waals surface area contributed by atoms with Crippen LogP contribution in [0.15, 0.2) is 40.0 Å². The summed E-state index contributed by atoms with van der Waals surface area (Å²) in [6.45, 7) is 0. The molecule has 0 spiro atoms. The molecular formula is C9H9INO4+. The monoisotopic (exact) mass is 322 g/mol. The number of nitrogens with zero attached hydrogens (tertiary/aromatic N) is 1. The third-order valence-electron chi connectivity index (χ3n) is 1.46. The van der Waals surface area contributed by atoms with Crippen LogP contribution in [-0.4, -0.2) is 17.1 Å². The molecule has 1 aromatic carbocycles. The van der Waals surface area contributed by atoms with E-state index in [1.54, 1.807) is 24.3 Å². The summed E-state index contributed by atoms with van der Waals surface area (Å²) >= 11 is -1.02. The Morgan fingerprint density at radius 3 is 2.53 bits per heavy atom. The average Bonchev–Trinajstić information content (AvgIpc) is 2.26. The molecule has 5 nitrogen and oxygen atoms in total. The van der Waals surface area contributed by atoms with Crippen LogP contribution in [0.1, 0.15) is 0 Å². The summed E-state index contributed by atoms with van der Waals surface area (Å²) in [6.07, 6.45) is 0. The quantitative estimate of drug-likeness (QED) is 0.242. The Labute approximate surface area is 96.8 Å². The van der Waals surface area contributed by atoms with E-state index in [9.17, 15) is 15.2 Å². The standard InChI is InChI=1S/C9H8INO4/c1-15-9(12)8(11(13)14)10-7-5-3-2-4-6-7/h2-6H,1H3/p+1/b9-8-. The van der Waals surface area contributed by atoms with Gasteiger partial charge in [0.05, 0.1) is 7.11 Å². The Balaban J connectivity index is 2.91. The lowest BCUT2D eigenvalue weighted by molar-refractivity contribution is -0.707. The SMILES string of the molecule is CO/C(O)=C(/[I+]c1ccccc1)[N+](=O)[O-]. The van der Waals surface area contributed by atoms with E-state index in [-0.39, 0.29) is 3.70 Å². The molecule has 0 radical (unpaired) electrons. The van der Waals surface area contributed by atoms with E-state index in [0.29, 0.717) is 0 Å². The predicted octanol–water partition coefficient (Wildman–Crippen LogP) is -1.45. The van der Waals surface area contributed by atoms with Gasteiger partial charge in [0.25, 0.3) is 0 Å². The van der Waals surface area contributed by atoms with Crippen molar-refractivity contribution in [2.45, 2.75) is 0 Å². The molecule has 1 aromatic rings. The molecule has 0 heterocycles. The molecule has 6 heteroatoms. The van der Waals surface area contributed by atoms with Gasteiger partial charge in [-0.1, -0.05) is 18.2 Å². The van der Waals surface area contributed by atoms with E-state index >= 15 is 0 Å². The lowest BCUT2D eigenvalue weighted by Crippen LogP contribution is -3.61. The fourth-order valence-electron chi connectivity index (χ4n) is 0.818. The molecule has 0 aliphatic carbocycles. The lowest BCUT2D eigenvalue weighted by Gasteiger charge is -1.91. The zero-order valence-electron chi connectivity index (χ0n) is 7.88. The van der Waals surface area contributed by atoms with Crippen molar-refractivity contribution in [1.82, 2.24) is 0 Å². The van der Waals surface area contributed by atoms with Crippen LogP contribution in [0.2, 0.25) is 0 Å². The highest BCUT2D eigenvalue weighted by molar-refractivity contribution is 5.00. The maximum atomic E-state index is 10.6. The topological polar surface area (TPSA) is 72.6 Å². The number of hydrogen-bond acceptors (Lipinski definition) is 4. The summed E-state index contributed by atoms with van der Waals surface area (Å²) in [5.74, 6) is -0.600. The Morgan fingerprint density at radius 2 is 2.07 bits per heavy atom. The molecule has 1 N–H and O–H groups in total. The molecule has 15 heavy (non-hydrogen) atoms. The van der Waals surface area contributed by atoms with Crippen molar-refractivity contribution in [3.63, 3.8) is 0 Å². The van der Waals surface area contributed by atoms with Gasteiger partial charge in [0, 0.05) is 0 Å². The summed E-state index contributed by atoms with van der Waals surface area (Å²) in [5.41, 5.74) is 0. The molecule has 0 amide bonds. The summed E-state index contributed by atoms with van der Waals surface area (Å²) in [6, 6.07) is 9.02. The summed E-state index contributed by atoms with van der Waals surface area (Å²) < 4.78 is 5.09. The summed E-state index contributed by atoms with van der Waals surface area (Å²) in [7, 11) is 1.20. The zero-order chi connectivity index (χ0) is 11.3. The zero-order valence-corrected chi connectivity index (χ0v) is 10.0. The van der Waals surface area contributed by atoms with E-state index in [4.69, 9.17) is 0 Å². The number of methoxy groups -OCH3 is 1. The van der Waals surface area contributed by atoms with Crippen molar-refractivity contribution in [2.75, 3.05) is 7.11 Å². The van der Waals surface area contributed by atoms with Gasteiger partial charge in [0.1, 0.15) is 4.92 Å². The molecule has 0 aliphatic heterocycles. The third kappa shape index (κ3) is 3.39. The van der Waals surface area contributed by atoms with Crippen LogP contribution in [0, 0.1) is 13.7 Å². The van der Waals surface area contributed by atoms with Crippen molar-refractivity contribution in [3.05, 3.63) is 53.7 Å². The Bertz CT molecular complexity index is 377. The van der Waals surface area contributed by atoms with E-state index in [1.165, 1.54) is 7.11 Å². The fourth-order valence-corrected chi connectivity index (χ4v) is 2.83. The summed E-state index contributed by atoms with van der Waals surface area (Å²) in [5, 5.41) is 19.8. The van der Waals surface area contributed by atoms with E-state index in [0.717, 1.165) is 3.57 Å². The maximum absolute atomic E-state index is 10.6. The van der Waals surface area contributed by atoms with Gasteiger partial charge in [-0.25, -0.2) is 0 Å². The average molecular weight is 322 g/mol. The Hall–Kier alpha value is -1.31. The maximum Gasteiger partial charge on any atom is 0.557 e. The fraction of sp³-hybridized carbons (Fsp3) is 0.111. The van der Waals surface area contributed by atoms with Crippen molar-refractivity contribution < 1.29 is 36.0 Å². The van der Waals surface area contributed by atoms with Gasteiger partial charge in [0.15, 0.2) is 0 Å². The van der Waals surface area contributed by atoms with Gasteiger partial charge in [-0.3, -0.25) is 10.1 Å². The number of hydrogen-bond donors (Lipinski definition) is 1. The number of aliphatic hydroxyl groups is 1. The van der Waals surface area contributed by atoms with Gasteiger partial charge in [-0.15, -0.1) is 0 Å². The van der Waals surface area contributed by atoms with Gasteiger partial charge < -0.3 is 9.84 Å². The molecule has 0 aliphatic rings. The summed E-state index contributed by atoms with van der Waals surface area (Å²) in [4.78, 5) is 10.0. The van der Waals surface area contributed by atoms with Crippen LogP contribution in [0.5, 0.6) is 0 Å². The molecule has 0 saturated heterocycles. The minimum absolute atomic E-state index is 0.234. The van der Waals surface area contributed by atoms with E-state index in [2.05, 4.69) is 4.74 Å². The molecule has 0 aromatic heterocycles. The first-order valence-corrected chi connectivity index (χ1v) is 6.12. The van der Waals surface area contributed by atoms with Gasteiger partial charge in [0.2, 0.25) is 3.57 Å². The molecular weight excluding hydrogens is 313 g/mol. The number of halogens is 1. The Morgan fingerprint density at radius 1 is 1.47 bits per heavy atom. The number of aliphatic hydroxyl groups excluding tert-OH is 1. The van der Waals surface area contributed by atoms with Crippen LogP contribution in [0.25, 0.3) is 0 Å². The predicted molar refractivity (Wildman–Crippen MR) is 48.8 cm³/mol. The van der Waals surface area contributed by atoms with Crippen LogP contribution in [0.3, 0.4) is 0 Å². The van der Waals surface area contributed by atoms with Crippen molar-refractivity contribution in [3.8, 4) is 0 Å². The van der Waals surface area contributed by atoms with Crippen LogP contribution in [0.4, 0.5) is 0 Å². The molecule has 1 rings (SSSR count). The molecule has 0 saturated carbocycles. The van der Waals surface area contributed by atoms with Crippen molar-refractivity contribution in [1.29, 1.82) is 0 Å². The van der Waals surface area contributed by atoms with E-state index < -0.39 is 32.1 Å². The van der Waals surface area contributed by atoms with Crippen molar-refractivity contribution >= 4 is 0 Å². The first-order valence-electron chi connectivity index (χ1n) is 3.96. The number of rotatable bonds is 4. The third-order valence-corrected chi connectivity index (χ3v) is 4.17. The van der Waals surface area contributed by atoms with Gasteiger partial charge in [-0.05, 0) is 12.1 Å². The van der Waals surface area contributed by atoms with Gasteiger partial charge in [-0.2, -0.15) is 0 Å². The first-order chi connectivity index (χ1) is 7.15. The van der Waals surface area contributed by atoms with Crippen molar-refractivity contribution in [2.24, 2.45) is 0 Å². The van der Waals surface area contributed by atoms with Gasteiger partial charge >= 0.3 is 30.9 Å². The molecule has 0 unspecified atom stereocenters. The number of benzene rings is 1. The van der Waals surface area contributed by atoms with Crippen LogP contribution >= 0.6 is 0 Å². The minimum atomic E-state index is -1.02. The largest absolute Gasteiger partial charge is 0.557 e. The van der Waals surface area contributed by atoms with Crippen LogP contribution < -0.4 is 21.2 Å². The normalized spacial score (nSPS) is 11.8. The highest BCUT2D eigenvalue weighted by atomic mass is 127. The molecule has 0 bridgehead atoms. The Kier molecular flexibility index (Phi) is 4.35. The number of ether oxygens (including phenoxy) is 1. The second kappa shape index (κ2) is 5.54. The highest BCUT2D eigenvalue weighted by Crippen LogP contribution is 1.92. The first kappa shape index (κ1) is 11.8. The lowest BCUT2D eigenvalue weighted by atomic mass is 10.4. The van der Waals surface area contributed by atoms with Crippen LogP contribution in [-0.2, 0) is 4.74 Å². The molecule has 80 valence electrons. The number of nitro groups is 1. The van der Waals surface area contributed by atoms with E-state index in [1.807, 2.05) is 6.07 Å². The highest BCUT2D eigenvalue weighted by Gasteiger charge is 2.37. The molecule has 0 fully saturated rings.